The topological polar surface area (TPSA) is 75.6 Å². The van der Waals surface area contributed by atoms with E-state index >= 15 is 0 Å². The molecule has 3 aromatic rings. The lowest BCUT2D eigenvalue weighted by Gasteiger charge is -2.17. The second-order valence-electron chi connectivity index (χ2n) is 7.49. The van der Waals surface area contributed by atoms with Crippen LogP contribution in [0, 0.1) is 0 Å². The van der Waals surface area contributed by atoms with Crippen LogP contribution in [0.25, 0.3) is 11.1 Å². The number of alkyl carbamates (subject to hydrolysis) is 1. The van der Waals surface area contributed by atoms with Gasteiger partial charge in [0.1, 0.15) is 12.6 Å². The Bertz CT molecular complexity index is 1070. The molecule has 0 aliphatic heterocycles. The molecule has 1 atom stereocenters. The van der Waals surface area contributed by atoms with Gasteiger partial charge in [0.15, 0.2) is 0 Å². The summed E-state index contributed by atoms with van der Waals surface area (Å²) in [6.45, 7) is 0.149. The van der Waals surface area contributed by atoms with Crippen LogP contribution in [0.2, 0.25) is 0 Å². The van der Waals surface area contributed by atoms with Crippen LogP contribution in [-0.4, -0.2) is 29.8 Å². The molecule has 5 nitrogen and oxygen atoms in total. The molecule has 0 heterocycles. The molecule has 6 heteroatoms. The Morgan fingerprint density at radius 1 is 0.935 bits per heavy atom. The fourth-order valence-corrected chi connectivity index (χ4v) is 4.52. The number of carboxylic acid groups (broad SMARTS) is 1. The van der Waals surface area contributed by atoms with Crippen LogP contribution in [0.15, 0.2) is 77.3 Å². The first-order valence-electron chi connectivity index (χ1n) is 10.1. The third-order valence-electron chi connectivity index (χ3n) is 5.59. The molecule has 0 saturated carbocycles. The van der Waals surface area contributed by atoms with E-state index < -0.39 is 18.1 Å². The standard InChI is InChI=1S/C25H22BrNO4/c26-22-12-6-1-7-16(22)13-14-23(24(28)29)27-25(30)31-15-21-19-10-4-2-8-17(19)18-9-3-5-11-20(18)21/h1-12,21,23H,13-15H2,(H,27,30)(H,28,29). The minimum Gasteiger partial charge on any atom is -0.480 e. The summed E-state index contributed by atoms with van der Waals surface area (Å²) in [4.78, 5) is 24.1. The number of halogens is 1. The third kappa shape index (κ3) is 4.64. The lowest BCUT2D eigenvalue weighted by Crippen LogP contribution is -2.41. The van der Waals surface area contributed by atoms with Gasteiger partial charge in [0.05, 0.1) is 0 Å². The molecule has 0 saturated heterocycles. The number of rotatable bonds is 7. The van der Waals surface area contributed by atoms with Gasteiger partial charge in [-0.05, 0) is 46.7 Å². The van der Waals surface area contributed by atoms with Crippen molar-refractivity contribution < 1.29 is 19.4 Å². The molecule has 158 valence electrons. The Morgan fingerprint density at radius 3 is 2.13 bits per heavy atom. The van der Waals surface area contributed by atoms with E-state index in [9.17, 15) is 14.7 Å². The fourth-order valence-electron chi connectivity index (χ4n) is 4.04. The molecular formula is C25H22BrNO4. The number of carboxylic acids is 1. The Hall–Kier alpha value is -3.12. The van der Waals surface area contributed by atoms with Gasteiger partial charge in [0, 0.05) is 10.4 Å². The number of fused-ring (bicyclic) bond motifs is 3. The van der Waals surface area contributed by atoms with Crippen molar-refractivity contribution in [1.29, 1.82) is 0 Å². The highest BCUT2D eigenvalue weighted by Gasteiger charge is 2.29. The van der Waals surface area contributed by atoms with Gasteiger partial charge >= 0.3 is 12.1 Å². The highest BCUT2D eigenvalue weighted by molar-refractivity contribution is 9.10. The lowest BCUT2D eigenvalue weighted by molar-refractivity contribution is -0.139. The van der Waals surface area contributed by atoms with Crippen molar-refractivity contribution in [3.8, 4) is 11.1 Å². The van der Waals surface area contributed by atoms with E-state index in [0.29, 0.717) is 6.42 Å². The van der Waals surface area contributed by atoms with Crippen LogP contribution >= 0.6 is 15.9 Å². The molecule has 0 aromatic heterocycles. The minimum atomic E-state index is -1.08. The molecule has 0 fully saturated rings. The first kappa shape index (κ1) is 21.1. The molecule has 4 rings (SSSR count). The van der Waals surface area contributed by atoms with E-state index in [4.69, 9.17) is 4.74 Å². The number of benzene rings is 3. The molecule has 0 spiro atoms. The molecule has 3 aromatic carbocycles. The second kappa shape index (κ2) is 9.35. The number of carbonyl (C=O) groups is 2. The van der Waals surface area contributed by atoms with E-state index in [1.807, 2.05) is 60.7 Å². The summed E-state index contributed by atoms with van der Waals surface area (Å²) in [5.41, 5.74) is 5.50. The minimum absolute atomic E-state index is 0.0679. The molecule has 1 amide bonds. The Kier molecular flexibility index (Phi) is 6.37. The van der Waals surface area contributed by atoms with Crippen LogP contribution in [0.1, 0.15) is 29.0 Å². The number of aliphatic carboxylic acids is 1. The summed E-state index contributed by atoms with van der Waals surface area (Å²) < 4.78 is 6.39. The van der Waals surface area contributed by atoms with Gasteiger partial charge in [-0.1, -0.05) is 82.7 Å². The van der Waals surface area contributed by atoms with Crippen molar-refractivity contribution >= 4 is 28.0 Å². The highest BCUT2D eigenvalue weighted by atomic mass is 79.9. The molecule has 2 N–H and O–H groups in total. The summed E-state index contributed by atoms with van der Waals surface area (Å²) in [6, 6.07) is 22.8. The van der Waals surface area contributed by atoms with E-state index in [0.717, 1.165) is 32.3 Å². The predicted octanol–water partition coefficient (Wildman–Crippen LogP) is 5.37. The first-order chi connectivity index (χ1) is 15.0. The summed E-state index contributed by atoms with van der Waals surface area (Å²) in [6.07, 6.45) is 0.0610. The van der Waals surface area contributed by atoms with Crippen LogP contribution in [0.5, 0.6) is 0 Å². The first-order valence-corrected chi connectivity index (χ1v) is 10.9. The van der Waals surface area contributed by atoms with Gasteiger partial charge in [-0.25, -0.2) is 9.59 Å². The van der Waals surface area contributed by atoms with Crippen molar-refractivity contribution in [1.82, 2.24) is 5.32 Å². The Labute approximate surface area is 189 Å². The number of ether oxygens (including phenoxy) is 1. The summed E-state index contributed by atoms with van der Waals surface area (Å²) in [5.74, 6) is -1.15. The predicted molar refractivity (Wildman–Crippen MR) is 122 cm³/mol. The van der Waals surface area contributed by atoms with E-state index in [-0.39, 0.29) is 18.9 Å². The number of hydrogen-bond donors (Lipinski definition) is 2. The molecule has 31 heavy (non-hydrogen) atoms. The summed E-state index contributed by atoms with van der Waals surface area (Å²) in [7, 11) is 0. The van der Waals surface area contributed by atoms with Crippen molar-refractivity contribution in [2.24, 2.45) is 0 Å². The monoisotopic (exact) mass is 479 g/mol. The van der Waals surface area contributed by atoms with E-state index in [2.05, 4.69) is 33.4 Å². The number of carbonyl (C=O) groups excluding carboxylic acids is 1. The van der Waals surface area contributed by atoms with Crippen molar-refractivity contribution in [2.75, 3.05) is 6.61 Å². The van der Waals surface area contributed by atoms with Crippen LogP contribution in [0.4, 0.5) is 4.79 Å². The number of nitrogens with one attached hydrogen (secondary N) is 1. The quantitative estimate of drug-likeness (QED) is 0.477. The van der Waals surface area contributed by atoms with Gasteiger partial charge in [-0.3, -0.25) is 0 Å². The maximum atomic E-state index is 12.4. The average molecular weight is 480 g/mol. The summed E-state index contributed by atoms with van der Waals surface area (Å²) >= 11 is 3.46. The van der Waals surface area contributed by atoms with Crippen molar-refractivity contribution in [3.05, 3.63) is 94.0 Å². The lowest BCUT2D eigenvalue weighted by atomic mass is 9.98. The normalized spacial score (nSPS) is 13.2. The van der Waals surface area contributed by atoms with Crippen molar-refractivity contribution in [2.45, 2.75) is 24.8 Å². The summed E-state index contributed by atoms with van der Waals surface area (Å²) in [5, 5.41) is 12.0. The largest absolute Gasteiger partial charge is 0.480 e. The third-order valence-corrected chi connectivity index (χ3v) is 6.37. The van der Waals surface area contributed by atoms with E-state index in [1.54, 1.807) is 0 Å². The van der Waals surface area contributed by atoms with Gasteiger partial charge in [0.2, 0.25) is 0 Å². The second-order valence-corrected chi connectivity index (χ2v) is 8.35. The maximum absolute atomic E-state index is 12.4. The zero-order valence-corrected chi connectivity index (χ0v) is 18.3. The highest BCUT2D eigenvalue weighted by Crippen LogP contribution is 2.44. The maximum Gasteiger partial charge on any atom is 0.407 e. The van der Waals surface area contributed by atoms with Crippen molar-refractivity contribution in [3.63, 3.8) is 0 Å². The Morgan fingerprint density at radius 2 is 1.52 bits per heavy atom. The molecule has 0 bridgehead atoms. The molecule has 1 unspecified atom stereocenters. The molecular weight excluding hydrogens is 458 g/mol. The number of hydrogen-bond acceptors (Lipinski definition) is 3. The molecule has 1 aliphatic carbocycles. The van der Waals surface area contributed by atoms with Crippen LogP contribution < -0.4 is 5.32 Å². The Balaban J connectivity index is 1.39. The van der Waals surface area contributed by atoms with Crippen LogP contribution in [-0.2, 0) is 16.0 Å². The SMILES string of the molecule is O=C(NC(CCc1ccccc1Br)C(=O)O)OCC1c2ccccc2-c2ccccc21. The average Bonchev–Trinajstić information content (AvgIpc) is 3.10. The zero-order chi connectivity index (χ0) is 21.8. The van der Waals surface area contributed by atoms with Gasteiger partial charge in [-0.2, -0.15) is 0 Å². The van der Waals surface area contributed by atoms with Gasteiger partial charge in [0.25, 0.3) is 0 Å². The fraction of sp³-hybridized carbons (Fsp3) is 0.200. The molecule has 1 aliphatic rings. The number of amides is 1. The smallest absolute Gasteiger partial charge is 0.407 e. The number of aryl methyl sites for hydroxylation is 1. The van der Waals surface area contributed by atoms with Crippen LogP contribution in [0.3, 0.4) is 0 Å². The molecule has 0 radical (unpaired) electrons. The van der Waals surface area contributed by atoms with Gasteiger partial charge in [-0.15, -0.1) is 0 Å². The zero-order valence-electron chi connectivity index (χ0n) is 16.8. The van der Waals surface area contributed by atoms with Gasteiger partial charge < -0.3 is 15.2 Å². The van der Waals surface area contributed by atoms with E-state index in [1.165, 1.54) is 0 Å².